The van der Waals surface area contributed by atoms with Crippen molar-refractivity contribution in [3.05, 3.63) is 53.1 Å². The highest BCUT2D eigenvalue weighted by Crippen LogP contribution is 2.41. The van der Waals surface area contributed by atoms with Gasteiger partial charge in [0.25, 0.3) is 11.6 Å². The van der Waals surface area contributed by atoms with Crippen molar-refractivity contribution in [2.45, 2.75) is 37.6 Å². The summed E-state index contributed by atoms with van der Waals surface area (Å²) in [6.45, 7) is 2.26. The summed E-state index contributed by atoms with van der Waals surface area (Å²) in [5, 5.41) is 11.4. The molecule has 1 amide bonds. The molecule has 0 spiro atoms. The molecule has 27 heavy (non-hydrogen) atoms. The molecule has 2 N–H and O–H groups in total. The molecule has 7 heteroatoms. The molecular weight excluding hydrogens is 342 g/mol. The van der Waals surface area contributed by atoms with Crippen LogP contribution in [0.15, 0.2) is 35.1 Å². The predicted octanol–water partition coefficient (Wildman–Crippen LogP) is 2.50. The molecule has 1 saturated carbocycles. The molecule has 0 aromatic carbocycles. The Balaban J connectivity index is 1.51. The Labute approximate surface area is 156 Å². The first-order chi connectivity index (χ1) is 13.3. The fourth-order valence-corrected chi connectivity index (χ4v) is 3.70. The Morgan fingerprint density at radius 3 is 2.81 bits per heavy atom. The maximum atomic E-state index is 13.1. The van der Waals surface area contributed by atoms with Crippen molar-refractivity contribution >= 4 is 17.0 Å². The lowest BCUT2D eigenvalue weighted by Gasteiger charge is -2.10. The van der Waals surface area contributed by atoms with Crippen LogP contribution in [0, 0.1) is 0 Å². The van der Waals surface area contributed by atoms with Gasteiger partial charge in [0.1, 0.15) is 0 Å². The first kappa shape index (κ1) is 16.4. The SMILES string of the molecule is O=C(NCc1ccncc1)c1cc(C2CC2)nc2onc(C3CCNC3)c12. The largest absolute Gasteiger partial charge is 0.348 e. The molecule has 0 radical (unpaired) electrons. The third-order valence-electron chi connectivity index (χ3n) is 5.38. The molecular formula is C20H21N5O2. The summed E-state index contributed by atoms with van der Waals surface area (Å²) in [4.78, 5) is 21.7. The van der Waals surface area contributed by atoms with Gasteiger partial charge in [-0.15, -0.1) is 0 Å². The van der Waals surface area contributed by atoms with Gasteiger partial charge < -0.3 is 15.2 Å². The second-order valence-electron chi connectivity index (χ2n) is 7.34. The van der Waals surface area contributed by atoms with Crippen LogP contribution in [0.4, 0.5) is 0 Å². The zero-order valence-corrected chi connectivity index (χ0v) is 14.9. The van der Waals surface area contributed by atoms with Crippen molar-refractivity contribution in [2.24, 2.45) is 0 Å². The molecule has 7 nitrogen and oxygen atoms in total. The van der Waals surface area contributed by atoms with Gasteiger partial charge in [0.15, 0.2) is 0 Å². The number of nitrogens with one attached hydrogen (secondary N) is 2. The molecule has 4 heterocycles. The summed E-state index contributed by atoms with van der Waals surface area (Å²) >= 11 is 0. The number of nitrogens with zero attached hydrogens (tertiary/aromatic N) is 3. The third-order valence-corrected chi connectivity index (χ3v) is 5.38. The van der Waals surface area contributed by atoms with Crippen LogP contribution in [0.25, 0.3) is 11.1 Å². The van der Waals surface area contributed by atoms with Crippen molar-refractivity contribution in [3.8, 4) is 0 Å². The van der Waals surface area contributed by atoms with E-state index in [-0.39, 0.29) is 11.8 Å². The molecule has 1 aliphatic carbocycles. The lowest BCUT2D eigenvalue weighted by Crippen LogP contribution is -2.23. The highest BCUT2D eigenvalue weighted by Gasteiger charge is 2.31. The van der Waals surface area contributed by atoms with Crippen LogP contribution < -0.4 is 10.6 Å². The second-order valence-corrected chi connectivity index (χ2v) is 7.34. The minimum atomic E-state index is -0.114. The smallest absolute Gasteiger partial charge is 0.259 e. The number of amides is 1. The quantitative estimate of drug-likeness (QED) is 0.723. The first-order valence-electron chi connectivity index (χ1n) is 9.47. The van der Waals surface area contributed by atoms with Crippen LogP contribution in [-0.2, 0) is 6.54 Å². The Kier molecular flexibility index (Phi) is 4.09. The zero-order valence-electron chi connectivity index (χ0n) is 14.9. The van der Waals surface area contributed by atoms with Crippen molar-refractivity contribution in [2.75, 3.05) is 13.1 Å². The van der Waals surface area contributed by atoms with E-state index in [0.29, 0.717) is 23.7 Å². The summed E-state index contributed by atoms with van der Waals surface area (Å²) in [5.41, 5.74) is 3.90. The fraction of sp³-hybridized carbons (Fsp3) is 0.400. The van der Waals surface area contributed by atoms with Crippen molar-refractivity contribution in [1.29, 1.82) is 0 Å². The lowest BCUT2D eigenvalue weighted by atomic mass is 9.98. The lowest BCUT2D eigenvalue weighted by molar-refractivity contribution is 0.0952. The van der Waals surface area contributed by atoms with Crippen LogP contribution >= 0.6 is 0 Å². The Hall–Kier alpha value is -2.80. The normalized spacial score (nSPS) is 19.5. The zero-order chi connectivity index (χ0) is 18.2. The number of rotatable bonds is 5. The minimum Gasteiger partial charge on any atom is -0.348 e. The number of hydrogen-bond donors (Lipinski definition) is 2. The van der Waals surface area contributed by atoms with Gasteiger partial charge in [-0.2, -0.15) is 0 Å². The molecule has 1 atom stereocenters. The fourth-order valence-electron chi connectivity index (χ4n) is 3.70. The average molecular weight is 363 g/mol. The maximum absolute atomic E-state index is 13.1. The average Bonchev–Trinajstić information content (AvgIpc) is 3.24. The molecule has 1 aliphatic heterocycles. The van der Waals surface area contributed by atoms with E-state index < -0.39 is 0 Å². The van der Waals surface area contributed by atoms with E-state index in [2.05, 4.69) is 25.8 Å². The molecule has 2 aliphatic rings. The van der Waals surface area contributed by atoms with Gasteiger partial charge in [0, 0.05) is 43.0 Å². The van der Waals surface area contributed by atoms with Gasteiger partial charge >= 0.3 is 0 Å². The summed E-state index contributed by atoms with van der Waals surface area (Å²) in [6.07, 6.45) is 6.67. The molecule has 1 unspecified atom stereocenters. The van der Waals surface area contributed by atoms with E-state index in [1.807, 2.05) is 18.2 Å². The number of hydrogen-bond acceptors (Lipinski definition) is 6. The van der Waals surface area contributed by atoms with Crippen molar-refractivity contribution in [1.82, 2.24) is 25.8 Å². The molecule has 2 fully saturated rings. The Morgan fingerprint density at radius 1 is 1.22 bits per heavy atom. The molecule has 0 bridgehead atoms. The Morgan fingerprint density at radius 2 is 2.07 bits per heavy atom. The van der Waals surface area contributed by atoms with E-state index in [1.165, 1.54) is 0 Å². The third kappa shape index (κ3) is 3.19. The van der Waals surface area contributed by atoms with Gasteiger partial charge in [-0.1, -0.05) is 5.16 Å². The molecule has 5 rings (SSSR count). The molecule has 1 saturated heterocycles. The van der Waals surface area contributed by atoms with E-state index in [9.17, 15) is 4.79 Å². The van der Waals surface area contributed by atoms with Gasteiger partial charge in [0.05, 0.1) is 16.6 Å². The number of aromatic nitrogens is 3. The Bertz CT molecular complexity index is 975. The summed E-state index contributed by atoms with van der Waals surface area (Å²) in [5.74, 6) is 0.575. The maximum Gasteiger partial charge on any atom is 0.259 e. The van der Waals surface area contributed by atoms with Crippen LogP contribution in [-0.4, -0.2) is 34.1 Å². The van der Waals surface area contributed by atoms with Gasteiger partial charge in [-0.05, 0) is 49.6 Å². The number of carbonyl (C=O) groups excluding carboxylic acids is 1. The highest BCUT2D eigenvalue weighted by molar-refractivity contribution is 6.06. The standard InChI is InChI=1S/C20H21N5O2/c26-19(23-10-12-3-6-21-7-4-12)15-9-16(13-1-2-13)24-20-17(15)18(25-27-20)14-5-8-22-11-14/h3-4,6-7,9,13-14,22H,1-2,5,8,10-11H2,(H,23,26). The van der Waals surface area contributed by atoms with Crippen LogP contribution in [0.3, 0.4) is 0 Å². The minimum absolute atomic E-state index is 0.114. The van der Waals surface area contributed by atoms with E-state index in [0.717, 1.165) is 54.7 Å². The van der Waals surface area contributed by atoms with Crippen molar-refractivity contribution in [3.63, 3.8) is 0 Å². The van der Waals surface area contributed by atoms with E-state index in [1.54, 1.807) is 12.4 Å². The van der Waals surface area contributed by atoms with E-state index >= 15 is 0 Å². The second kappa shape index (κ2) is 6.74. The topological polar surface area (TPSA) is 92.9 Å². The predicted molar refractivity (Wildman–Crippen MR) is 99.4 cm³/mol. The van der Waals surface area contributed by atoms with Crippen LogP contribution in [0.5, 0.6) is 0 Å². The van der Waals surface area contributed by atoms with Gasteiger partial charge in [0.2, 0.25) is 0 Å². The van der Waals surface area contributed by atoms with E-state index in [4.69, 9.17) is 4.52 Å². The summed E-state index contributed by atoms with van der Waals surface area (Å²) in [7, 11) is 0. The summed E-state index contributed by atoms with van der Waals surface area (Å²) in [6, 6.07) is 5.73. The molecule has 138 valence electrons. The first-order valence-corrected chi connectivity index (χ1v) is 9.47. The number of carbonyl (C=O) groups is 1. The van der Waals surface area contributed by atoms with Crippen LogP contribution in [0.1, 0.15) is 58.4 Å². The number of fused-ring (bicyclic) bond motifs is 1. The highest BCUT2D eigenvalue weighted by atomic mass is 16.5. The molecule has 3 aromatic heterocycles. The van der Waals surface area contributed by atoms with Gasteiger partial charge in [-0.3, -0.25) is 9.78 Å². The molecule has 3 aromatic rings. The van der Waals surface area contributed by atoms with Gasteiger partial charge in [-0.25, -0.2) is 4.98 Å². The monoisotopic (exact) mass is 363 g/mol. The number of pyridine rings is 2. The van der Waals surface area contributed by atoms with Crippen LogP contribution in [0.2, 0.25) is 0 Å². The summed E-state index contributed by atoms with van der Waals surface area (Å²) < 4.78 is 5.56. The van der Waals surface area contributed by atoms with Crippen molar-refractivity contribution < 1.29 is 9.32 Å².